The van der Waals surface area contributed by atoms with E-state index in [1.165, 1.54) is 19.6 Å². The minimum absolute atomic E-state index is 0.166. The van der Waals surface area contributed by atoms with Crippen LogP contribution in [0.3, 0.4) is 0 Å². The molecule has 1 aliphatic heterocycles. The van der Waals surface area contributed by atoms with Crippen molar-refractivity contribution in [2.24, 2.45) is 5.73 Å². The third-order valence-corrected chi connectivity index (χ3v) is 12.5. The first-order chi connectivity index (χ1) is 39.3. The predicted octanol–water partition coefficient (Wildman–Crippen LogP) is 11.1. The average molecular weight is 1180 g/mol. The number of carbonyl (C=O) groups is 2. The minimum Gasteiger partial charge on any atom is -0.504 e. The molecule has 0 spiro atoms. The van der Waals surface area contributed by atoms with Gasteiger partial charge in [0.2, 0.25) is 17.7 Å². The van der Waals surface area contributed by atoms with Crippen LogP contribution in [-0.4, -0.2) is 144 Å². The normalized spacial score (nSPS) is 11.8. The van der Waals surface area contributed by atoms with Crippen LogP contribution in [0.5, 0.6) is 40.5 Å². The predicted molar refractivity (Wildman–Crippen MR) is 316 cm³/mol. The van der Waals surface area contributed by atoms with Gasteiger partial charge >= 0.3 is 0 Å². The summed E-state index contributed by atoms with van der Waals surface area (Å²) in [6.45, 7) is 5.75. The summed E-state index contributed by atoms with van der Waals surface area (Å²) in [5, 5.41) is 2.15. The number of benzene rings is 1. The van der Waals surface area contributed by atoms with Crippen molar-refractivity contribution in [3.05, 3.63) is 154 Å². The topological polar surface area (TPSA) is 225 Å². The van der Waals surface area contributed by atoms with E-state index >= 15 is 0 Å². The first kappa shape index (κ1) is 67.4. The number of aldehydes is 1. The Labute approximate surface area is 488 Å². The van der Waals surface area contributed by atoms with E-state index in [1.54, 1.807) is 144 Å². The molecule has 436 valence electrons. The fourth-order valence-electron chi connectivity index (χ4n) is 7.56. The summed E-state index contributed by atoms with van der Waals surface area (Å²) in [6, 6.07) is 18.5. The van der Waals surface area contributed by atoms with Crippen LogP contribution in [0.25, 0.3) is 23.1 Å². The SMILES string of the molecule is CCOC.CO/C=C/c1c(OC)ccnc1Cl.CO/C=C/c1c(OC)ccnc1OC.COc1ccnc(Cl)c1.COc1ccnc(Cl)c1C=O.COc1ccnc(OC)c1CCN1CCC(n2ccc3ccc(C(N)=O)cc32)CC1. The molecule has 1 aliphatic rings. The minimum atomic E-state index is -0.388. The van der Waals surface area contributed by atoms with E-state index in [9.17, 15) is 9.59 Å². The van der Waals surface area contributed by atoms with Gasteiger partial charge in [-0.2, -0.15) is 0 Å². The van der Waals surface area contributed by atoms with Gasteiger partial charge in [0.25, 0.3) is 0 Å². The van der Waals surface area contributed by atoms with Crippen molar-refractivity contribution in [3.63, 3.8) is 0 Å². The zero-order chi connectivity index (χ0) is 59.5. The monoisotopic (exact) mass is 1180 g/mol. The van der Waals surface area contributed by atoms with Gasteiger partial charge in [0, 0.05) is 93.7 Å². The average Bonchev–Trinajstić information content (AvgIpc) is 3.93. The molecule has 1 amide bonds. The third kappa shape index (κ3) is 21.6. The third-order valence-electron chi connectivity index (χ3n) is 11.7. The van der Waals surface area contributed by atoms with E-state index in [4.69, 9.17) is 83.2 Å². The molecule has 7 heterocycles. The van der Waals surface area contributed by atoms with Gasteiger partial charge in [-0.3, -0.25) is 9.59 Å². The molecule has 20 nitrogen and oxygen atoms in total. The molecule has 0 atom stereocenters. The van der Waals surface area contributed by atoms with Crippen LogP contribution in [0.4, 0.5) is 0 Å². The van der Waals surface area contributed by atoms with Crippen molar-refractivity contribution < 1.29 is 57.0 Å². The van der Waals surface area contributed by atoms with E-state index in [2.05, 4.69) is 51.4 Å². The molecule has 0 bridgehead atoms. The molecular weight excluding hydrogens is 1110 g/mol. The first-order valence-corrected chi connectivity index (χ1v) is 26.0. The van der Waals surface area contributed by atoms with Crippen LogP contribution >= 0.6 is 34.8 Å². The standard InChI is InChI=1S/C23H28N4O3.C10H13NO3.C9H10ClNO2.C7H6ClNO2.C6H6ClNO.C3H8O/c1-29-21-5-10-25-23(30-2)19(21)9-13-26-11-7-18(8-12-26)27-14-6-16-3-4-17(22(24)28)15-20(16)27;1-12-7-5-8-9(13-2)4-6-11-10(8)14-3;1-12-6-4-7-8(13-2)3-5-11-9(7)10;1-11-6-2-3-9-7(8)5(6)4-10;1-9-5-2-3-8-6(7)4-5;1-3-4-2/h3-6,10,14-15,18H,7-9,11-13H2,1-2H3,(H2,24,28);4-7H,1-3H3;3-6H,1-2H3;2-4H,1H3;2-4H,1H3;3H2,1-2H3/b;7-5+;6-4+;;;. The second-order valence-electron chi connectivity index (χ2n) is 16.3. The van der Waals surface area contributed by atoms with E-state index < -0.39 is 0 Å². The molecule has 1 fully saturated rings. The maximum absolute atomic E-state index is 11.6. The van der Waals surface area contributed by atoms with Crippen LogP contribution < -0.4 is 38.9 Å². The second-order valence-corrected chi connectivity index (χ2v) is 17.5. The number of amides is 1. The number of hydrogen-bond donors (Lipinski definition) is 1. The van der Waals surface area contributed by atoms with Gasteiger partial charge < -0.3 is 62.6 Å². The van der Waals surface area contributed by atoms with Crippen molar-refractivity contribution in [1.82, 2.24) is 34.4 Å². The number of primary amides is 1. The van der Waals surface area contributed by atoms with Gasteiger partial charge in [-0.05, 0) is 92.3 Å². The number of aromatic nitrogens is 6. The Morgan fingerprint density at radius 1 is 0.617 bits per heavy atom. The number of pyridine rings is 5. The second kappa shape index (κ2) is 37.9. The molecule has 8 rings (SSSR count). The summed E-state index contributed by atoms with van der Waals surface area (Å²) in [5.41, 5.74) is 9.88. The number of methoxy groups -OCH3 is 10. The number of hydrogen-bond acceptors (Lipinski definition) is 18. The number of rotatable bonds is 18. The van der Waals surface area contributed by atoms with Crippen LogP contribution in [0.1, 0.15) is 63.2 Å². The Morgan fingerprint density at radius 2 is 1.14 bits per heavy atom. The van der Waals surface area contributed by atoms with Crippen molar-refractivity contribution in [2.45, 2.75) is 32.2 Å². The number of nitrogens with zero attached hydrogens (tertiary/aromatic N) is 7. The molecule has 1 saturated heterocycles. The van der Waals surface area contributed by atoms with Gasteiger partial charge in [-0.15, -0.1) is 0 Å². The number of nitrogens with two attached hydrogens (primary N) is 1. The molecule has 6 aromatic heterocycles. The molecule has 23 heteroatoms. The molecule has 0 saturated carbocycles. The Bertz CT molecular complexity index is 3000. The maximum Gasteiger partial charge on any atom is 0.248 e. The summed E-state index contributed by atoms with van der Waals surface area (Å²) < 4.78 is 52.4. The number of piperidine rings is 1. The van der Waals surface area contributed by atoms with Crippen molar-refractivity contribution in [3.8, 4) is 40.5 Å². The number of halogens is 3. The van der Waals surface area contributed by atoms with Crippen molar-refractivity contribution >= 4 is 70.1 Å². The van der Waals surface area contributed by atoms with E-state index in [0.717, 1.165) is 79.0 Å². The van der Waals surface area contributed by atoms with Crippen LogP contribution in [0, 0.1) is 0 Å². The van der Waals surface area contributed by atoms with E-state index in [0.29, 0.717) is 62.8 Å². The molecular formula is C58H71Cl3N8O12. The summed E-state index contributed by atoms with van der Waals surface area (Å²) in [6.07, 6.45) is 20.2. The lowest BCUT2D eigenvalue weighted by Crippen LogP contribution is -2.36. The van der Waals surface area contributed by atoms with E-state index in [1.807, 2.05) is 25.1 Å². The number of ether oxygens (including phenoxy) is 10. The van der Waals surface area contributed by atoms with E-state index in [-0.39, 0.29) is 16.6 Å². The highest BCUT2D eigenvalue weighted by atomic mass is 35.5. The Balaban J connectivity index is 0.000000284. The molecule has 0 radical (unpaired) electrons. The summed E-state index contributed by atoms with van der Waals surface area (Å²) in [5.74, 6) is 4.13. The number of fused-ring (bicyclic) bond motifs is 1. The Kier molecular flexibility index (Phi) is 31.5. The zero-order valence-electron chi connectivity index (χ0n) is 47.4. The van der Waals surface area contributed by atoms with Gasteiger partial charge in [0.15, 0.2) is 6.29 Å². The molecule has 0 aliphatic carbocycles. The van der Waals surface area contributed by atoms with Crippen LogP contribution in [-0.2, 0) is 20.6 Å². The van der Waals surface area contributed by atoms with Crippen molar-refractivity contribution in [1.29, 1.82) is 0 Å². The van der Waals surface area contributed by atoms with Gasteiger partial charge in [0.05, 0.1) is 98.8 Å². The summed E-state index contributed by atoms with van der Waals surface area (Å²) >= 11 is 17.0. The molecule has 0 unspecified atom stereocenters. The highest BCUT2D eigenvalue weighted by Crippen LogP contribution is 2.32. The largest absolute Gasteiger partial charge is 0.504 e. The highest BCUT2D eigenvalue weighted by Gasteiger charge is 2.23. The van der Waals surface area contributed by atoms with Gasteiger partial charge in [-0.25, -0.2) is 24.9 Å². The first-order valence-electron chi connectivity index (χ1n) is 24.9. The lowest BCUT2D eigenvalue weighted by atomic mass is 10.0. The van der Waals surface area contributed by atoms with Crippen LogP contribution in [0.2, 0.25) is 15.5 Å². The fraction of sp³-hybridized carbons (Fsp3) is 0.328. The van der Waals surface area contributed by atoms with Gasteiger partial charge in [0.1, 0.15) is 44.2 Å². The molecule has 81 heavy (non-hydrogen) atoms. The summed E-state index contributed by atoms with van der Waals surface area (Å²) in [7, 11) is 15.9. The fourth-order valence-corrected chi connectivity index (χ4v) is 8.13. The summed E-state index contributed by atoms with van der Waals surface area (Å²) in [4.78, 5) is 44.2. The smallest absolute Gasteiger partial charge is 0.248 e. The molecule has 7 aromatic rings. The van der Waals surface area contributed by atoms with Gasteiger partial charge in [-0.1, -0.05) is 40.9 Å². The Morgan fingerprint density at radius 3 is 1.63 bits per heavy atom. The number of likely N-dealkylation sites (tertiary alicyclic amines) is 1. The lowest BCUT2D eigenvalue weighted by molar-refractivity contribution is 0.0999. The molecule has 2 N–H and O–H groups in total. The zero-order valence-corrected chi connectivity index (χ0v) is 49.7. The Hall–Kier alpha value is -7.88. The quantitative estimate of drug-likeness (QED) is 0.0479. The maximum atomic E-state index is 11.6. The van der Waals surface area contributed by atoms with Crippen molar-refractivity contribution in [2.75, 3.05) is 97.3 Å². The number of carbonyl (C=O) groups excluding carboxylic acids is 2. The molecule has 1 aromatic carbocycles. The highest BCUT2D eigenvalue weighted by molar-refractivity contribution is 6.32. The lowest BCUT2D eigenvalue weighted by Gasteiger charge is -2.33. The van der Waals surface area contributed by atoms with Crippen LogP contribution in [0.15, 0.2) is 110 Å².